The second-order valence-electron chi connectivity index (χ2n) is 1.44. The molecule has 4 nitrogen and oxygen atoms in total. The number of rotatable bonds is 0. The van der Waals surface area contributed by atoms with E-state index in [1.807, 2.05) is 14.0 Å². The molecule has 40 valence electrons. The van der Waals surface area contributed by atoms with Crippen LogP contribution in [0.2, 0.25) is 0 Å². The maximum Gasteiger partial charge on any atom is 0.138 e. The number of hydrazone groups is 1. The van der Waals surface area contributed by atoms with Crippen molar-refractivity contribution in [3.63, 3.8) is 0 Å². The number of hydrazine groups is 2. The van der Waals surface area contributed by atoms with Crippen LogP contribution in [-0.2, 0) is 0 Å². The molecule has 0 unspecified atom stereocenters. The zero-order chi connectivity index (χ0) is 5.28. The molecular formula is C3H8N4. The van der Waals surface area contributed by atoms with Crippen molar-refractivity contribution in [1.82, 2.24) is 16.1 Å². The number of hydrogen-bond donors (Lipinski definition) is 2. The molecule has 0 saturated carbocycles. The molecule has 0 fully saturated rings. The van der Waals surface area contributed by atoms with Crippen LogP contribution >= 0.6 is 0 Å². The highest BCUT2D eigenvalue weighted by atomic mass is 15.8. The number of nitrogens with zero attached hydrogens (tertiary/aromatic N) is 2. The van der Waals surface area contributed by atoms with E-state index in [-0.39, 0.29) is 0 Å². The molecule has 0 aliphatic carbocycles. The molecule has 0 amide bonds. The van der Waals surface area contributed by atoms with Crippen LogP contribution in [0.15, 0.2) is 5.10 Å². The van der Waals surface area contributed by atoms with Crippen molar-refractivity contribution in [3.8, 4) is 0 Å². The number of amidine groups is 1. The van der Waals surface area contributed by atoms with Crippen LogP contribution in [0, 0.1) is 0 Å². The summed E-state index contributed by atoms with van der Waals surface area (Å²) in [5.41, 5.74) is 5.33. The van der Waals surface area contributed by atoms with Gasteiger partial charge in [0.15, 0.2) is 0 Å². The van der Waals surface area contributed by atoms with Gasteiger partial charge in [0.1, 0.15) is 5.84 Å². The third-order valence-electron chi connectivity index (χ3n) is 0.921. The Hall–Kier alpha value is -0.770. The average Bonchev–Trinajstić information content (AvgIpc) is 1.91. The zero-order valence-electron chi connectivity index (χ0n) is 4.39. The Balaban J connectivity index is 2.54. The van der Waals surface area contributed by atoms with Gasteiger partial charge in [-0.25, -0.2) is 5.53 Å². The van der Waals surface area contributed by atoms with Gasteiger partial charge in [0.2, 0.25) is 0 Å². The molecule has 0 atom stereocenters. The zero-order valence-corrected chi connectivity index (χ0v) is 4.39. The molecule has 0 aromatic heterocycles. The first-order valence-corrected chi connectivity index (χ1v) is 2.09. The second-order valence-corrected chi connectivity index (χ2v) is 1.44. The van der Waals surface area contributed by atoms with Crippen molar-refractivity contribution >= 4 is 5.84 Å². The van der Waals surface area contributed by atoms with E-state index in [1.165, 1.54) is 0 Å². The largest absolute Gasteiger partial charge is 0.278 e. The van der Waals surface area contributed by atoms with E-state index in [0.29, 0.717) is 0 Å². The Labute approximate surface area is 42.1 Å². The lowest BCUT2D eigenvalue weighted by atomic mass is 10.7. The van der Waals surface area contributed by atoms with Crippen molar-refractivity contribution in [2.75, 3.05) is 7.05 Å². The van der Waals surface area contributed by atoms with Crippen molar-refractivity contribution < 1.29 is 0 Å². The van der Waals surface area contributed by atoms with Crippen molar-refractivity contribution in [1.29, 1.82) is 0 Å². The Kier molecular flexibility index (Phi) is 0.867. The Morgan fingerprint density at radius 2 is 2.43 bits per heavy atom. The van der Waals surface area contributed by atoms with Crippen LogP contribution in [0.1, 0.15) is 6.92 Å². The highest BCUT2D eigenvalue weighted by Crippen LogP contribution is 1.82. The third kappa shape index (κ3) is 0.640. The van der Waals surface area contributed by atoms with Gasteiger partial charge in [0.25, 0.3) is 0 Å². The standard InChI is InChI=1S/C3H8N4/c1-3-4-5-6-7(3)2/h5-6H,1-2H3. The lowest BCUT2D eigenvalue weighted by Crippen LogP contribution is -2.36. The smallest absolute Gasteiger partial charge is 0.138 e. The Morgan fingerprint density at radius 3 is 2.57 bits per heavy atom. The summed E-state index contributed by atoms with van der Waals surface area (Å²) in [4.78, 5) is 0. The lowest BCUT2D eigenvalue weighted by Gasteiger charge is -2.06. The average molecular weight is 100 g/mol. The van der Waals surface area contributed by atoms with Crippen LogP contribution in [0.3, 0.4) is 0 Å². The van der Waals surface area contributed by atoms with Crippen LogP contribution in [0.5, 0.6) is 0 Å². The first kappa shape index (κ1) is 4.39. The summed E-state index contributed by atoms with van der Waals surface area (Å²) in [7, 11) is 1.89. The second kappa shape index (κ2) is 1.38. The summed E-state index contributed by atoms with van der Waals surface area (Å²) < 4.78 is 0. The quantitative estimate of drug-likeness (QED) is 0.422. The molecule has 1 heterocycles. The molecule has 7 heavy (non-hydrogen) atoms. The summed E-state index contributed by atoms with van der Waals surface area (Å²) in [6.07, 6.45) is 0. The van der Waals surface area contributed by atoms with Crippen LogP contribution in [0.25, 0.3) is 0 Å². The van der Waals surface area contributed by atoms with Gasteiger partial charge in [-0.3, -0.25) is 5.01 Å². The molecule has 0 aromatic carbocycles. The van der Waals surface area contributed by atoms with E-state index in [9.17, 15) is 0 Å². The normalized spacial score (nSPS) is 19.1. The molecule has 0 aromatic rings. The number of nitrogens with one attached hydrogen (secondary N) is 2. The van der Waals surface area contributed by atoms with Gasteiger partial charge in [0.05, 0.1) is 0 Å². The summed E-state index contributed by atoms with van der Waals surface area (Å²) in [6, 6.07) is 0. The lowest BCUT2D eigenvalue weighted by molar-refractivity contribution is 0.347. The summed E-state index contributed by atoms with van der Waals surface area (Å²) >= 11 is 0. The van der Waals surface area contributed by atoms with Gasteiger partial charge in [-0.05, 0) is 6.92 Å². The monoisotopic (exact) mass is 100 g/mol. The molecule has 2 N–H and O–H groups in total. The van der Waals surface area contributed by atoms with Crippen molar-refractivity contribution in [2.24, 2.45) is 5.10 Å². The highest BCUT2D eigenvalue weighted by Gasteiger charge is 2.02. The fourth-order valence-corrected chi connectivity index (χ4v) is 0.337. The maximum atomic E-state index is 3.80. The summed E-state index contributed by atoms with van der Waals surface area (Å²) in [5, 5.41) is 5.59. The fraction of sp³-hybridized carbons (Fsp3) is 0.667. The summed E-state index contributed by atoms with van der Waals surface area (Å²) in [5.74, 6) is 0.944. The van der Waals surface area contributed by atoms with Gasteiger partial charge in [-0.15, -0.1) is 10.6 Å². The molecular weight excluding hydrogens is 92.1 g/mol. The SMILES string of the molecule is CC1=NNNN1C. The van der Waals surface area contributed by atoms with Crippen LogP contribution < -0.4 is 11.1 Å². The predicted octanol–water partition coefficient (Wildman–Crippen LogP) is -0.726. The molecule has 0 spiro atoms. The van der Waals surface area contributed by atoms with Gasteiger partial charge in [-0.2, -0.15) is 0 Å². The molecule has 0 radical (unpaired) electrons. The minimum atomic E-state index is 0.944. The molecule has 4 heteroatoms. The van der Waals surface area contributed by atoms with Gasteiger partial charge < -0.3 is 0 Å². The molecule has 0 bridgehead atoms. The molecule has 1 aliphatic rings. The van der Waals surface area contributed by atoms with Gasteiger partial charge in [-0.1, -0.05) is 0 Å². The minimum Gasteiger partial charge on any atom is -0.278 e. The fourth-order valence-electron chi connectivity index (χ4n) is 0.337. The molecule has 0 saturated heterocycles. The van der Waals surface area contributed by atoms with E-state index in [1.54, 1.807) is 5.01 Å². The van der Waals surface area contributed by atoms with Crippen molar-refractivity contribution in [3.05, 3.63) is 0 Å². The van der Waals surface area contributed by atoms with E-state index in [2.05, 4.69) is 16.2 Å². The van der Waals surface area contributed by atoms with E-state index < -0.39 is 0 Å². The number of hydrogen-bond acceptors (Lipinski definition) is 4. The Morgan fingerprint density at radius 1 is 1.71 bits per heavy atom. The minimum absolute atomic E-state index is 0.944. The first-order valence-electron chi connectivity index (χ1n) is 2.09. The van der Waals surface area contributed by atoms with Gasteiger partial charge >= 0.3 is 0 Å². The van der Waals surface area contributed by atoms with Crippen LogP contribution in [0.4, 0.5) is 0 Å². The third-order valence-corrected chi connectivity index (χ3v) is 0.921. The maximum absolute atomic E-state index is 3.80. The highest BCUT2D eigenvalue weighted by molar-refractivity contribution is 5.79. The molecule has 1 rings (SSSR count). The van der Waals surface area contributed by atoms with Gasteiger partial charge in [0, 0.05) is 7.05 Å². The molecule has 1 aliphatic heterocycles. The Bertz CT molecular complexity index is 97.1. The summed E-state index contributed by atoms with van der Waals surface area (Å²) in [6.45, 7) is 1.91. The van der Waals surface area contributed by atoms with E-state index >= 15 is 0 Å². The topological polar surface area (TPSA) is 39.7 Å². The van der Waals surface area contributed by atoms with E-state index in [0.717, 1.165) is 5.84 Å². The van der Waals surface area contributed by atoms with E-state index in [4.69, 9.17) is 0 Å². The van der Waals surface area contributed by atoms with Crippen molar-refractivity contribution in [2.45, 2.75) is 6.92 Å². The van der Waals surface area contributed by atoms with Crippen LogP contribution in [-0.4, -0.2) is 17.9 Å². The first-order chi connectivity index (χ1) is 3.30. The predicted molar refractivity (Wildman–Crippen MR) is 27.1 cm³/mol.